The van der Waals surface area contributed by atoms with Crippen molar-refractivity contribution in [3.63, 3.8) is 0 Å². The van der Waals surface area contributed by atoms with Crippen molar-refractivity contribution in [1.29, 1.82) is 5.26 Å². The van der Waals surface area contributed by atoms with E-state index in [0.717, 1.165) is 18.5 Å². The van der Waals surface area contributed by atoms with Crippen molar-refractivity contribution in [2.45, 2.75) is 13.0 Å². The van der Waals surface area contributed by atoms with E-state index in [2.05, 4.69) is 9.35 Å². The second-order valence-electron chi connectivity index (χ2n) is 3.58. The maximum absolute atomic E-state index is 12.2. The van der Waals surface area contributed by atoms with Crippen LogP contribution in [-0.4, -0.2) is 25.8 Å². The van der Waals surface area contributed by atoms with E-state index in [-0.39, 0.29) is 0 Å². The zero-order valence-electron chi connectivity index (χ0n) is 8.74. The minimum atomic E-state index is -2.47. The third-order valence-corrected chi connectivity index (χ3v) is 4.79. The molecule has 1 saturated heterocycles. The Bertz CT molecular complexity index is 513. The first-order chi connectivity index (χ1) is 7.74. The van der Waals surface area contributed by atoms with Gasteiger partial charge in [0.15, 0.2) is 0 Å². The monoisotopic (exact) mass is 236 g/mol. The fourth-order valence-corrected chi connectivity index (χ4v) is 3.61. The molecule has 84 valence electrons. The first-order valence-electron chi connectivity index (χ1n) is 5.01. The molecule has 0 spiro atoms. The number of nitrogens with zero attached hydrogens (tertiary/aromatic N) is 4. The van der Waals surface area contributed by atoms with Crippen LogP contribution in [0.25, 0.3) is 0 Å². The Morgan fingerprint density at radius 1 is 1.69 bits per heavy atom. The van der Waals surface area contributed by atoms with Gasteiger partial charge in [0.2, 0.25) is 6.19 Å². The summed E-state index contributed by atoms with van der Waals surface area (Å²) in [6.45, 7) is 1.26. The van der Waals surface area contributed by atoms with Crippen molar-refractivity contribution in [2.24, 2.45) is 4.36 Å². The number of pyridine rings is 1. The minimum absolute atomic E-state index is 0.487. The second-order valence-corrected chi connectivity index (χ2v) is 5.90. The summed E-state index contributed by atoms with van der Waals surface area (Å²) in [5, 5.41) is 8.54. The van der Waals surface area contributed by atoms with Gasteiger partial charge in [-0.2, -0.15) is 5.26 Å². The van der Waals surface area contributed by atoms with Crippen LogP contribution in [0.15, 0.2) is 28.9 Å². The van der Waals surface area contributed by atoms with E-state index in [1.54, 1.807) is 22.9 Å². The lowest BCUT2D eigenvalue weighted by molar-refractivity contribution is 0.465. The molecular formula is C10H12N4OS. The Hall–Kier alpha value is -1.45. The number of hydrogen-bond acceptors (Lipinski definition) is 4. The van der Waals surface area contributed by atoms with Gasteiger partial charge in [-0.15, -0.1) is 4.36 Å². The molecule has 0 aromatic carbocycles. The zero-order valence-corrected chi connectivity index (χ0v) is 9.56. The molecule has 1 aromatic rings. The van der Waals surface area contributed by atoms with E-state index in [1.165, 1.54) is 0 Å². The molecule has 1 aliphatic heterocycles. The van der Waals surface area contributed by atoms with Gasteiger partial charge in [-0.1, -0.05) is 6.07 Å². The van der Waals surface area contributed by atoms with Crippen LogP contribution in [0.3, 0.4) is 0 Å². The van der Waals surface area contributed by atoms with E-state index >= 15 is 0 Å². The second kappa shape index (κ2) is 4.60. The molecule has 0 amide bonds. The third-order valence-electron chi connectivity index (χ3n) is 2.49. The summed E-state index contributed by atoms with van der Waals surface area (Å²) < 4.78 is 17.6. The van der Waals surface area contributed by atoms with E-state index < -0.39 is 9.92 Å². The van der Waals surface area contributed by atoms with Crippen LogP contribution in [0, 0.1) is 11.5 Å². The van der Waals surface area contributed by atoms with Gasteiger partial charge in [-0.05, 0) is 18.1 Å². The SMILES string of the molecule is N#CN=S1(=O)CCCN1Cc1cccnc1. The van der Waals surface area contributed by atoms with E-state index in [9.17, 15) is 4.21 Å². The molecule has 1 atom stereocenters. The Morgan fingerprint density at radius 3 is 3.25 bits per heavy atom. The molecule has 1 aliphatic rings. The fraction of sp³-hybridized carbons (Fsp3) is 0.400. The van der Waals surface area contributed by atoms with Gasteiger partial charge >= 0.3 is 0 Å². The molecule has 0 saturated carbocycles. The van der Waals surface area contributed by atoms with Gasteiger partial charge in [-0.25, -0.2) is 8.51 Å². The topological polar surface area (TPSA) is 69.3 Å². The molecule has 1 fully saturated rings. The molecular weight excluding hydrogens is 224 g/mol. The molecule has 1 unspecified atom stereocenters. The van der Waals surface area contributed by atoms with Crippen LogP contribution < -0.4 is 0 Å². The summed E-state index contributed by atoms with van der Waals surface area (Å²) in [6.07, 6.45) is 5.92. The lowest BCUT2D eigenvalue weighted by Crippen LogP contribution is -2.24. The first kappa shape index (κ1) is 11.0. The van der Waals surface area contributed by atoms with Crippen molar-refractivity contribution < 1.29 is 4.21 Å². The highest BCUT2D eigenvalue weighted by Crippen LogP contribution is 2.19. The summed E-state index contributed by atoms with van der Waals surface area (Å²) in [4.78, 5) is 4.01. The Balaban J connectivity index is 2.21. The predicted molar refractivity (Wildman–Crippen MR) is 60.3 cm³/mol. The molecule has 0 radical (unpaired) electrons. The zero-order chi connectivity index (χ0) is 11.4. The molecule has 6 heteroatoms. The van der Waals surface area contributed by atoms with Crippen LogP contribution in [0.5, 0.6) is 0 Å². The highest BCUT2D eigenvalue weighted by molar-refractivity contribution is 7.91. The van der Waals surface area contributed by atoms with Crippen LogP contribution in [0.1, 0.15) is 12.0 Å². The van der Waals surface area contributed by atoms with Crippen LogP contribution in [-0.2, 0) is 16.5 Å². The van der Waals surface area contributed by atoms with Crippen molar-refractivity contribution in [2.75, 3.05) is 12.3 Å². The van der Waals surface area contributed by atoms with E-state index in [1.807, 2.05) is 12.1 Å². The summed E-state index contributed by atoms with van der Waals surface area (Å²) in [6, 6.07) is 3.77. The van der Waals surface area contributed by atoms with E-state index in [4.69, 9.17) is 5.26 Å². The van der Waals surface area contributed by atoms with Crippen molar-refractivity contribution >= 4 is 9.92 Å². The number of aromatic nitrogens is 1. The summed E-state index contributed by atoms with van der Waals surface area (Å²) in [5.41, 5.74) is 0.991. The number of hydrogen-bond donors (Lipinski definition) is 0. The predicted octanol–water partition coefficient (Wildman–Crippen LogP) is 1.15. The van der Waals surface area contributed by atoms with Gasteiger partial charge in [0.05, 0.1) is 0 Å². The summed E-state index contributed by atoms with van der Waals surface area (Å²) in [5.74, 6) is 0.487. The van der Waals surface area contributed by atoms with Crippen LogP contribution in [0.2, 0.25) is 0 Å². The van der Waals surface area contributed by atoms with Crippen molar-refractivity contribution in [1.82, 2.24) is 9.29 Å². The molecule has 1 aromatic heterocycles. The van der Waals surface area contributed by atoms with Gasteiger partial charge in [0, 0.05) is 31.2 Å². The average Bonchev–Trinajstić information content (AvgIpc) is 2.62. The molecule has 2 rings (SSSR count). The lowest BCUT2D eigenvalue weighted by atomic mass is 10.3. The lowest BCUT2D eigenvalue weighted by Gasteiger charge is -2.16. The van der Waals surface area contributed by atoms with Gasteiger partial charge in [0.25, 0.3) is 0 Å². The maximum Gasteiger partial charge on any atom is 0.215 e. The first-order valence-corrected chi connectivity index (χ1v) is 6.66. The van der Waals surface area contributed by atoms with Gasteiger partial charge < -0.3 is 0 Å². The fourth-order valence-electron chi connectivity index (χ4n) is 1.74. The number of rotatable bonds is 2. The molecule has 0 bridgehead atoms. The standard InChI is InChI=1S/C10H12N4OS/c11-9-13-16(15)6-2-5-14(16)8-10-3-1-4-12-7-10/h1,3-4,7H,2,5-6,8H2. The minimum Gasteiger partial charge on any atom is -0.264 e. The van der Waals surface area contributed by atoms with Crippen molar-refractivity contribution in [3.8, 4) is 6.19 Å². The average molecular weight is 236 g/mol. The van der Waals surface area contributed by atoms with Crippen LogP contribution in [0.4, 0.5) is 0 Å². The highest BCUT2D eigenvalue weighted by atomic mass is 32.2. The third kappa shape index (κ3) is 2.21. The number of nitriles is 1. The molecule has 0 aliphatic carbocycles. The van der Waals surface area contributed by atoms with Crippen molar-refractivity contribution in [3.05, 3.63) is 30.1 Å². The van der Waals surface area contributed by atoms with E-state index in [0.29, 0.717) is 12.3 Å². The Labute approximate surface area is 95.0 Å². The molecule has 16 heavy (non-hydrogen) atoms. The quantitative estimate of drug-likeness (QED) is 0.723. The summed E-state index contributed by atoms with van der Waals surface area (Å²) >= 11 is 0. The maximum atomic E-state index is 12.2. The summed E-state index contributed by atoms with van der Waals surface area (Å²) in [7, 11) is -2.47. The molecule has 5 nitrogen and oxygen atoms in total. The Morgan fingerprint density at radius 2 is 2.56 bits per heavy atom. The molecule has 0 N–H and O–H groups in total. The Kier molecular flexibility index (Phi) is 3.17. The van der Waals surface area contributed by atoms with Crippen LogP contribution >= 0.6 is 0 Å². The highest BCUT2D eigenvalue weighted by Gasteiger charge is 2.26. The smallest absolute Gasteiger partial charge is 0.215 e. The molecule has 2 heterocycles. The largest absolute Gasteiger partial charge is 0.264 e. The van der Waals surface area contributed by atoms with Gasteiger partial charge in [0.1, 0.15) is 9.92 Å². The van der Waals surface area contributed by atoms with Gasteiger partial charge in [-0.3, -0.25) is 4.98 Å². The normalized spacial score (nSPS) is 25.2.